The van der Waals surface area contributed by atoms with Crippen LogP contribution in [0.15, 0.2) is 18.2 Å². The molecule has 1 aliphatic heterocycles. The average Bonchev–Trinajstić information content (AvgIpc) is 2.97. The maximum Gasteiger partial charge on any atom is 0.254 e. The summed E-state index contributed by atoms with van der Waals surface area (Å²) in [4.78, 5) is 15.8. The van der Waals surface area contributed by atoms with Gasteiger partial charge >= 0.3 is 0 Å². The summed E-state index contributed by atoms with van der Waals surface area (Å²) in [7, 11) is 0. The van der Waals surface area contributed by atoms with Gasteiger partial charge in [-0.05, 0) is 37.8 Å². The van der Waals surface area contributed by atoms with Gasteiger partial charge in [0.1, 0.15) is 17.2 Å². The van der Waals surface area contributed by atoms with Crippen molar-refractivity contribution < 1.29 is 18.7 Å². The Morgan fingerprint density at radius 3 is 2.36 bits per heavy atom. The molecule has 0 aromatic heterocycles. The molecule has 1 saturated heterocycles. The molecule has 120 valence electrons. The van der Waals surface area contributed by atoms with Crippen LogP contribution in [-0.2, 0) is 4.79 Å². The fourth-order valence-electron chi connectivity index (χ4n) is 3.35. The first kappa shape index (κ1) is 15.2. The van der Waals surface area contributed by atoms with Crippen molar-refractivity contribution in [1.82, 2.24) is 4.90 Å². The third-order valence-corrected chi connectivity index (χ3v) is 4.64. The van der Waals surface area contributed by atoms with E-state index in [-0.39, 0.29) is 11.6 Å². The normalized spacial score (nSPS) is 21.2. The molecule has 1 aromatic rings. The standard InChI is InChI=1S/C16H20F2N2O2/c17-12-3-4-13(18)14(11-12)19-7-9-20(10-8-19)15(21)16(22)5-1-2-6-16/h3-4,11,22H,1-2,5-10H2. The van der Waals surface area contributed by atoms with Crippen LogP contribution in [0.2, 0.25) is 0 Å². The van der Waals surface area contributed by atoms with Crippen molar-refractivity contribution in [2.24, 2.45) is 0 Å². The zero-order valence-corrected chi connectivity index (χ0v) is 12.4. The summed E-state index contributed by atoms with van der Waals surface area (Å²) >= 11 is 0. The van der Waals surface area contributed by atoms with Crippen molar-refractivity contribution in [2.45, 2.75) is 31.3 Å². The Morgan fingerprint density at radius 1 is 1.09 bits per heavy atom. The molecule has 4 nitrogen and oxygen atoms in total. The SMILES string of the molecule is O=C(N1CCN(c2cc(F)ccc2F)CC1)C1(O)CCCC1. The van der Waals surface area contributed by atoms with E-state index in [9.17, 15) is 18.7 Å². The number of amides is 1. The molecule has 2 aliphatic rings. The van der Waals surface area contributed by atoms with Gasteiger partial charge in [0.05, 0.1) is 5.69 Å². The topological polar surface area (TPSA) is 43.8 Å². The van der Waals surface area contributed by atoms with Crippen LogP contribution in [-0.4, -0.2) is 47.7 Å². The van der Waals surface area contributed by atoms with Gasteiger partial charge in [-0.25, -0.2) is 8.78 Å². The summed E-state index contributed by atoms with van der Waals surface area (Å²) in [5, 5.41) is 10.4. The molecule has 0 radical (unpaired) electrons. The minimum Gasteiger partial charge on any atom is -0.380 e. The monoisotopic (exact) mass is 310 g/mol. The van der Waals surface area contributed by atoms with Crippen molar-refractivity contribution in [3.8, 4) is 0 Å². The van der Waals surface area contributed by atoms with E-state index in [1.165, 1.54) is 6.07 Å². The molecule has 6 heteroatoms. The second kappa shape index (κ2) is 5.83. The number of anilines is 1. The lowest BCUT2D eigenvalue weighted by Crippen LogP contribution is -2.55. The maximum absolute atomic E-state index is 13.8. The van der Waals surface area contributed by atoms with Crippen molar-refractivity contribution in [3.05, 3.63) is 29.8 Å². The first-order chi connectivity index (χ1) is 10.5. The quantitative estimate of drug-likeness (QED) is 0.907. The van der Waals surface area contributed by atoms with Crippen LogP contribution < -0.4 is 4.90 Å². The van der Waals surface area contributed by atoms with Gasteiger partial charge in [0, 0.05) is 32.2 Å². The lowest BCUT2D eigenvalue weighted by molar-refractivity contribution is -0.151. The summed E-state index contributed by atoms with van der Waals surface area (Å²) in [5.41, 5.74) is -0.988. The molecule has 1 saturated carbocycles. The van der Waals surface area contributed by atoms with Crippen LogP contribution in [0, 0.1) is 11.6 Å². The average molecular weight is 310 g/mol. The van der Waals surface area contributed by atoms with Crippen molar-refractivity contribution >= 4 is 11.6 Å². The van der Waals surface area contributed by atoms with E-state index < -0.39 is 17.2 Å². The lowest BCUT2D eigenvalue weighted by Gasteiger charge is -2.39. The van der Waals surface area contributed by atoms with Gasteiger partial charge in [-0.1, -0.05) is 0 Å². The Morgan fingerprint density at radius 2 is 1.73 bits per heavy atom. The Bertz CT molecular complexity index is 565. The first-order valence-electron chi connectivity index (χ1n) is 7.71. The van der Waals surface area contributed by atoms with Crippen LogP contribution in [0.4, 0.5) is 14.5 Å². The van der Waals surface area contributed by atoms with Gasteiger partial charge in [-0.15, -0.1) is 0 Å². The predicted octanol–water partition coefficient (Wildman–Crippen LogP) is 1.92. The molecule has 1 heterocycles. The highest BCUT2D eigenvalue weighted by Gasteiger charge is 2.42. The van der Waals surface area contributed by atoms with Gasteiger partial charge in [-0.3, -0.25) is 4.79 Å². The summed E-state index contributed by atoms with van der Waals surface area (Å²) in [6, 6.07) is 3.38. The molecule has 3 rings (SSSR count). The largest absolute Gasteiger partial charge is 0.380 e. The number of piperazine rings is 1. The number of benzene rings is 1. The highest BCUT2D eigenvalue weighted by molar-refractivity contribution is 5.85. The number of nitrogens with zero attached hydrogens (tertiary/aromatic N) is 2. The summed E-state index contributed by atoms with van der Waals surface area (Å²) in [5.74, 6) is -1.16. The van der Waals surface area contributed by atoms with Crippen LogP contribution in [0.25, 0.3) is 0 Å². The minimum absolute atomic E-state index is 0.218. The molecule has 0 atom stereocenters. The van der Waals surface area contributed by atoms with Gasteiger partial charge in [-0.2, -0.15) is 0 Å². The number of carbonyl (C=O) groups is 1. The molecule has 0 bridgehead atoms. The van der Waals surface area contributed by atoms with Gasteiger partial charge in [0.2, 0.25) is 0 Å². The number of aliphatic hydroxyl groups is 1. The summed E-state index contributed by atoms with van der Waals surface area (Å²) in [6.45, 7) is 1.69. The third-order valence-electron chi connectivity index (χ3n) is 4.64. The molecule has 1 N–H and O–H groups in total. The number of hydrogen-bond donors (Lipinski definition) is 1. The zero-order valence-electron chi connectivity index (χ0n) is 12.4. The first-order valence-corrected chi connectivity index (χ1v) is 7.71. The van der Waals surface area contributed by atoms with Crippen LogP contribution in [0.3, 0.4) is 0 Å². The number of rotatable bonds is 2. The van der Waals surface area contributed by atoms with E-state index in [1.54, 1.807) is 9.80 Å². The molecule has 1 amide bonds. The summed E-state index contributed by atoms with van der Waals surface area (Å²) < 4.78 is 27.1. The highest BCUT2D eigenvalue weighted by atomic mass is 19.1. The Labute approximate surface area is 128 Å². The maximum atomic E-state index is 13.8. The van der Waals surface area contributed by atoms with Crippen molar-refractivity contribution in [1.29, 1.82) is 0 Å². The minimum atomic E-state index is -1.22. The van der Waals surface area contributed by atoms with Crippen LogP contribution in [0.1, 0.15) is 25.7 Å². The molecular formula is C16H20F2N2O2. The van der Waals surface area contributed by atoms with Gasteiger partial charge in [0.15, 0.2) is 0 Å². The van der Waals surface area contributed by atoms with Gasteiger partial charge in [0.25, 0.3) is 5.91 Å². The smallest absolute Gasteiger partial charge is 0.254 e. The van der Waals surface area contributed by atoms with E-state index in [4.69, 9.17) is 0 Å². The van der Waals surface area contributed by atoms with E-state index in [1.807, 2.05) is 0 Å². The Balaban J connectivity index is 1.65. The van der Waals surface area contributed by atoms with E-state index in [0.717, 1.165) is 25.0 Å². The number of carbonyl (C=O) groups excluding carboxylic acids is 1. The van der Waals surface area contributed by atoms with Crippen LogP contribution in [0.5, 0.6) is 0 Å². The second-order valence-electron chi connectivity index (χ2n) is 6.11. The highest BCUT2D eigenvalue weighted by Crippen LogP contribution is 2.32. The summed E-state index contributed by atoms with van der Waals surface area (Å²) in [6.07, 6.45) is 2.78. The molecular weight excluding hydrogens is 290 g/mol. The second-order valence-corrected chi connectivity index (χ2v) is 6.11. The van der Waals surface area contributed by atoms with Crippen LogP contribution >= 0.6 is 0 Å². The molecule has 0 unspecified atom stereocenters. The van der Waals surface area contributed by atoms with E-state index in [2.05, 4.69) is 0 Å². The fraction of sp³-hybridized carbons (Fsp3) is 0.562. The van der Waals surface area contributed by atoms with Gasteiger partial charge < -0.3 is 14.9 Å². The molecule has 1 aliphatic carbocycles. The molecule has 22 heavy (non-hydrogen) atoms. The predicted molar refractivity (Wildman–Crippen MR) is 78.6 cm³/mol. The lowest BCUT2D eigenvalue weighted by atomic mass is 10.00. The molecule has 1 aromatic carbocycles. The Kier molecular flexibility index (Phi) is 4.04. The number of hydrogen-bond acceptors (Lipinski definition) is 3. The number of halogens is 2. The fourth-order valence-corrected chi connectivity index (χ4v) is 3.35. The molecule has 0 spiro atoms. The molecule has 2 fully saturated rings. The zero-order chi connectivity index (χ0) is 15.7. The van der Waals surface area contributed by atoms with E-state index in [0.29, 0.717) is 39.0 Å². The van der Waals surface area contributed by atoms with E-state index >= 15 is 0 Å². The third kappa shape index (κ3) is 2.79. The Hall–Kier alpha value is -1.69. The van der Waals surface area contributed by atoms with Crippen molar-refractivity contribution in [2.75, 3.05) is 31.1 Å². The van der Waals surface area contributed by atoms with Crippen molar-refractivity contribution in [3.63, 3.8) is 0 Å².